The summed E-state index contributed by atoms with van der Waals surface area (Å²) in [7, 11) is 1.60. The topological polar surface area (TPSA) is 73.6 Å². The number of nitrogens with one attached hydrogen (secondary N) is 1. The largest absolute Gasteiger partial charge is 0.493 e. The number of para-hydroxylation sites is 2. The van der Waals surface area contributed by atoms with Crippen LogP contribution >= 0.6 is 0 Å². The zero-order valence-corrected chi connectivity index (χ0v) is 12.4. The van der Waals surface area contributed by atoms with Crippen LogP contribution in [0, 0.1) is 0 Å². The van der Waals surface area contributed by atoms with Crippen LogP contribution in [0.1, 0.15) is 26.7 Å². The first-order chi connectivity index (χ1) is 9.53. The number of primary amides is 1. The van der Waals surface area contributed by atoms with Gasteiger partial charge in [-0.2, -0.15) is 0 Å². The third kappa shape index (κ3) is 4.42. The second-order valence-electron chi connectivity index (χ2n) is 4.87. The molecule has 3 N–H and O–H groups in total. The maximum absolute atomic E-state index is 11.6. The highest BCUT2D eigenvalue weighted by molar-refractivity contribution is 5.84. The molecule has 0 aliphatic rings. The highest BCUT2D eigenvalue weighted by atomic mass is 16.5. The first-order valence-electron chi connectivity index (χ1n) is 6.84. The van der Waals surface area contributed by atoms with Gasteiger partial charge in [-0.3, -0.25) is 4.79 Å². The number of methoxy groups -OCH3 is 1. The van der Waals surface area contributed by atoms with E-state index in [9.17, 15) is 4.79 Å². The molecule has 1 aromatic carbocycles. The molecule has 0 saturated heterocycles. The quantitative estimate of drug-likeness (QED) is 0.722. The SMILES string of the molecule is CCCNC(C)(CCOc1ccccc1OC)C(N)=O. The Bertz CT molecular complexity index is 437. The normalized spacial score (nSPS) is 13.6. The summed E-state index contributed by atoms with van der Waals surface area (Å²) in [6, 6.07) is 7.42. The van der Waals surface area contributed by atoms with Crippen LogP contribution in [0.5, 0.6) is 11.5 Å². The highest BCUT2D eigenvalue weighted by Crippen LogP contribution is 2.26. The van der Waals surface area contributed by atoms with Gasteiger partial charge >= 0.3 is 0 Å². The fourth-order valence-electron chi connectivity index (χ4n) is 1.80. The molecule has 0 heterocycles. The number of carbonyl (C=O) groups excluding carboxylic acids is 1. The van der Waals surface area contributed by atoms with Gasteiger partial charge in [-0.25, -0.2) is 0 Å². The minimum Gasteiger partial charge on any atom is -0.493 e. The van der Waals surface area contributed by atoms with Crippen LogP contribution in [-0.4, -0.2) is 31.7 Å². The smallest absolute Gasteiger partial charge is 0.237 e. The number of hydrogen-bond acceptors (Lipinski definition) is 4. The van der Waals surface area contributed by atoms with E-state index in [0.717, 1.165) is 13.0 Å². The van der Waals surface area contributed by atoms with Crippen molar-refractivity contribution < 1.29 is 14.3 Å². The number of benzene rings is 1. The molecule has 0 saturated carbocycles. The van der Waals surface area contributed by atoms with Crippen molar-refractivity contribution in [1.82, 2.24) is 5.32 Å². The van der Waals surface area contributed by atoms with Crippen molar-refractivity contribution in [3.05, 3.63) is 24.3 Å². The monoisotopic (exact) mass is 280 g/mol. The average molecular weight is 280 g/mol. The lowest BCUT2D eigenvalue weighted by Gasteiger charge is -2.27. The standard InChI is InChI=1S/C15H24N2O3/c1-4-10-17-15(2,14(16)18)9-11-20-13-8-6-5-7-12(13)19-3/h5-8,17H,4,9-11H2,1-3H3,(H2,16,18). The van der Waals surface area contributed by atoms with Gasteiger partial charge in [0.1, 0.15) is 0 Å². The molecule has 0 spiro atoms. The number of ether oxygens (including phenoxy) is 2. The van der Waals surface area contributed by atoms with Crippen LogP contribution in [0.15, 0.2) is 24.3 Å². The van der Waals surface area contributed by atoms with E-state index in [1.54, 1.807) is 14.0 Å². The molecule has 1 unspecified atom stereocenters. The second-order valence-corrected chi connectivity index (χ2v) is 4.87. The van der Waals surface area contributed by atoms with Crippen molar-refractivity contribution in [2.45, 2.75) is 32.2 Å². The highest BCUT2D eigenvalue weighted by Gasteiger charge is 2.30. The van der Waals surface area contributed by atoms with Gasteiger partial charge in [-0.1, -0.05) is 19.1 Å². The third-order valence-electron chi connectivity index (χ3n) is 3.24. The average Bonchev–Trinajstić information content (AvgIpc) is 2.45. The summed E-state index contributed by atoms with van der Waals surface area (Å²) in [5.74, 6) is 0.974. The summed E-state index contributed by atoms with van der Waals surface area (Å²) in [5.41, 5.74) is 4.71. The van der Waals surface area contributed by atoms with Crippen molar-refractivity contribution >= 4 is 5.91 Å². The summed E-state index contributed by atoms with van der Waals surface area (Å²) in [5, 5.41) is 3.17. The Hall–Kier alpha value is -1.75. The number of nitrogens with two attached hydrogens (primary N) is 1. The summed E-state index contributed by atoms with van der Waals surface area (Å²) in [6.45, 7) is 4.97. The molecule has 5 heteroatoms. The lowest BCUT2D eigenvalue weighted by atomic mass is 9.97. The third-order valence-corrected chi connectivity index (χ3v) is 3.24. The van der Waals surface area contributed by atoms with Crippen molar-refractivity contribution in [2.75, 3.05) is 20.3 Å². The van der Waals surface area contributed by atoms with E-state index < -0.39 is 5.54 Å². The number of hydrogen-bond donors (Lipinski definition) is 2. The minimum atomic E-state index is -0.752. The van der Waals surface area contributed by atoms with Crippen LogP contribution in [0.4, 0.5) is 0 Å². The van der Waals surface area contributed by atoms with Crippen LogP contribution in [0.25, 0.3) is 0 Å². The van der Waals surface area contributed by atoms with Gasteiger partial charge in [0.2, 0.25) is 5.91 Å². The molecule has 1 rings (SSSR count). The van der Waals surface area contributed by atoms with E-state index in [1.165, 1.54) is 0 Å². The number of carbonyl (C=O) groups is 1. The maximum atomic E-state index is 11.6. The van der Waals surface area contributed by atoms with Gasteiger partial charge in [0, 0.05) is 6.42 Å². The first-order valence-corrected chi connectivity index (χ1v) is 6.84. The molecule has 112 valence electrons. The van der Waals surface area contributed by atoms with E-state index in [0.29, 0.717) is 24.5 Å². The molecule has 0 fully saturated rings. The number of rotatable bonds is 9. The Labute approximate surface area is 120 Å². The summed E-state index contributed by atoms with van der Waals surface area (Å²) in [4.78, 5) is 11.6. The number of amides is 1. The molecule has 0 bridgehead atoms. The molecule has 1 atom stereocenters. The van der Waals surface area contributed by atoms with Gasteiger partial charge in [0.15, 0.2) is 11.5 Å². The van der Waals surface area contributed by atoms with Crippen molar-refractivity contribution in [3.8, 4) is 11.5 Å². The van der Waals surface area contributed by atoms with Crippen molar-refractivity contribution in [3.63, 3.8) is 0 Å². The van der Waals surface area contributed by atoms with Gasteiger partial charge in [-0.15, -0.1) is 0 Å². The van der Waals surface area contributed by atoms with Crippen LogP contribution in [-0.2, 0) is 4.79 Å². The van der Waals surface area contributed by atoms with Gasteiger partial charge < -0.3 is 20.5 Å². The Kier molecular flexibility index (Phi) is 6.31. The predicted octanol–water partition coefficient (Wildman–Crippen LogP) is 1.71. The van der Waals surface area contributed by atoms with Gasteiger partial charge in [0.25, 0.3) is 0 Å². The Morgan fingerprint density at radius 1 is 1.35 bits per heavy atom. The van der Waals surface area contributed by atoms with E-state index in [-0.39, 0.29) is 5.91 Å². The molecular formula is C15H24N2O3. The lowest BCUT2D eigenvalue weighted by Crippen LogP contribution is -2.54. The van der Waals surface area contributed by atoms with E-state index in [2.05, 4.69) is 5.32 Å². The molecule has 5 nitrogen and oxygen atoms in total. The van der Waals surface area contributed by atoms with Crippen LogP contribution < -0.4 is 20.5 Å². The molecule has 0 aromatic heterocycles. The van der Waals surface area contributed by atoms with Crippen molar-refractivity contribution in [2.24, 2.45) is 5.73 Å². The van der Waals surface area contributed by atoms with Crippen LogP contribution in [0.2, 0.25) is 0 Å². The van der Waals surface area contributed by atoms with E-state index in [4.69, 9.17) is 15.2 Å². The molecule has 0 radical (unpaired) electrons. The zero-order chi connectivity index (χ0) is 15.0. The fourth-order valence-corrected chi connectivity index (χ4v) is 1.80. The Balaban J connectivity index is 2.58. The zero-order valence-electron chi connectivity index (χ0n) is 12.4. The fraction of sp³-hybridized carbons (Fsp3) is 0.533. The van der Waals surface area contributed by atoms with Gasteiger partial charge in [-0.05, 0) is 32.0 Å². The first kappa shape index (κ1) is 16.3. The molecular weight excluding hydrogens is 256 g/mol. The summed E-state index contributed by atoms with van der Waals surface area (Å²) < 4.78 is 10.9. The van der Waals surface area contributed by atoms with E-state index >= 15 is 0 Å². The molecule has 20 heavy (non-hydrogen) atoms. The molecule has 0 aliphatic heterocycles. The van der Waals surface area contributed by atoms with Crippen molar-refractivity contribution in [1.29, 1.82) is 0 Å². The second kappa shape index (κ2) is 7.75. The van der Waals surface area contributed by atoms with Crippen LogP contribution in [0.3, 0.4) is 0 Å². The Morgan fingerprint density at radius 2 is 2.00 bits per heavy atom. The minimum absolute atomic E-state index is 0.366. The molecule has 1 amide bonds. The summed E-state index contributed by atoms with van der Waals surface area (Å²) >= 11 is 0. The Morgan fingerprint density at radius 3 is 2.55 bits per heavy atom. The summed E-state index contributed by atoms with van der Waals surface area (Å²) in [6.07, 6.45) is 1.44. The van der Waals surface area contributed by atoms with Gasteiger partial charge in [0.05, 0.1) is 19.3 Å². The lowest BCUT2D eigenvalue weighted by molar-refractivity contribution is -0.124. The molecule has 0 aliphatic carbocycles. The predicted molar refractivity (Wildman–Crippen MR) is 79.0 cm³/mol. The maximum Gasteiger partial charge on any atom is 0.237 e. The van der Waals surface area contributed by atoms with E-state index in [1.807, 2.05) is 31.2 Å². The molecule has 1 aromatic rings.